The van der Waals surface area contributed by atoms with Gasteiger partial charge in [0, 0.05) is 24.2 Å². The van der Waals surface area contributed by atoms with Crippen molar-refractivity contribution >= 4 is 23.6 Å². The third-order valence-corrected chi connectivity index (χ3v) is 7.53. The first-order valence-corrected chi connectivity index (χ1v) is 10.7. The maximum Gasteiger partial charge on any atom is 0.244 e. The molecule has 2 aromatic rings. The lowest BCUT2D eigenvalue weighted by Gasteiger charge is -2.35. The van der Waals surface area contributed by atoms with Gasteiger partial charge < -0.3 is 15.0 Å². The average Bonchev–Trinajstić information content (AvgIpc) is 3.28. The van der Waals surface area contributed by atoms with Gasteiger partial charge in [-0.3, -0.25) is 9.59 Å². The summed E-state index contributed by atoms with van der Waals surface area (Å²) >= 11 is 1.72. The Labute approximate surface area is 168 Å². The molecule has 144 valence electrons. The molecule has 0 spiro atoms. The molecule has 5 nitrogen and oxygen atoms in total. The highest BCUT2D eigenvalue weighted by molar-refractivity contribution is 8.00. The fraction of sp³-hybridized carbons (Fsp3) is 0.364. The molecule has 0 aromatic heterocycles. The van der Waals surface area contributed by atoms with Crippen LogP contribution < -0.4 is 10.1 Å². The van der Waals surface area contributed by atoms with Gasteiger partial charge in [0.25, 0.3) is 0 Å². The van der Waals surface area contributed by atoms with E-state index in [1.807, 2.05) is 47.4 Å². The molecule has 28 heavy (non-hydrogen) atoms. The van der Waals surface area contributed by atoms with Crippen molar-refractivity contribution in [3.8, 4) is 5.75 Å². The molecule has 0 unspecified atom stereocenters. The number of carbonyl (C=O) groups is 2. The van der Waals surface area contributed by atoms with Crippen molar-refractivity contribution in [2.45, 2.75) is 36.2 Å². The summed E-state index contributed by atoms with van der Waals surface area (Å²) in [7, 11) is 0. The van der Waals surface area contributed by atoms with E-state index in [9.17, 15) is 9.59 Å². The first kappa shape index (κ1) is 17.6. The molecule has 6 heteroatoms. The molecule has 3 aliphatic heterocycles. The third-order valence-electron chi connectivity index (χ3n) is 5.93. The quantitative estimate of drug-likeness (QED) is 0.869. The average molecular weight is 394 g/mol. The molecule has 3 aliphatic rings. The Hall–Kier alpha value is -2.47. The van der Waals surface area contributed by atoms with E-state index in [1.54, 1.807) is 11.8 Å². The molecule has 0 aliphatic carbocycles. The standard InChI is InChI=1S/C22H22N2O3S/c25-20-10-12-22(15-6-2-1-3-7-15)24(20)18(14-28-22)21(26)23-17-11-13-27-19-9-5-4-8-16(17)19/h1-9,17-18H,10-14H2,(H,23,26)/t17-,18-,22-/m1/s1. The SMILES string of the molecule is O=C(N[C@@H]1CCOc2ccccc21)[C@H]1CS[C@@]2(c3ccccc3)CCC(=O)N12. The predicted molar refractivity (Wildman–Crippen MR) is 108 cm³/mol. The number of nitrogens with zero attached hydrogens (tertiary/aromatic N) is 1. The third kappa shape index (κ3) is 2.70. The number of nitrogens with one attached hydrogen (secondary N) is 1. The zero-order valence-electron chi connectivity index (χ0n) is 15.5. The lowest BCUT2D eigenvalue weighted by atomic mass is 9.99. The minimum Gasteiger partial charge on any atom is -0.493 e. The number of fused-ring (bicyclic) bond motifs is 2. The van der Waals surface area contributed by atoms with Crippen LogP contribution in [0.4, 0.5) is 0 Å². The number of rotatable bonds is 3. The number of para-hydroxylation sites is 1. The maximum absolute atomic E-state index is 13.2. The van der Waals surface area contributed by atoms with E-state index in [1.165, 1.54) is 0 Å². The van der Waals surface area contributed by atoms with Crippen molar-refractivity contribution in [2.24, 2.45) is 0 Å². The lowest BCUT2D eigenvalue weighted by molar-refractivity contribution is -0.138. The molecule has 2 amide bonds. The van der Waals surface area contributed by atoms with E-state index in [4.69, 9.17) is 4.74 Å². The molecule has 2 saturated heterocycles. The Kier molecular flexibility index (Phi) is 4.31. The summed E-state index contributed by atoms with van der Waals surface area (Å²) < 4.78 is 5.70. The van der Waals surface area contributed by atoms with Crippen molar-refractivity contribution in [1.29, 1.82) is 0 Å². The van der Waals surface area contributed by atoms with Crippen LogP contribution >= 0.6 is 11.8 Å². The second-order valence-corrected chi connectivity index (χ2v) is 8.77. The van der Waals surface area contributed by atoms with Crippen LogP contribution in [0.3, 0.4) is 0 Å². The minimum atomic E-state index is -0.435. The highest BCUT2D eigenvalue weighted by Gasteiger charge is 2.56. The monoisotopic (exact) mass is 394 g/mol. The van der Waals surface area contributed by atoms with Gasteiger partial charge in [0.05, 0.1) is 12.6 Å². The van der Waals surface area contributed by atoms with Crippen LogP contribution in [0.1, 0.15) is 36.4 Å². The first-order valence-electron chi connectivity index (χ1n) is 9.73. The van der Waals surface area contributed by atoms with Crippen LogP contribution in [0.15, 0.2) is 54.6 Å². The number of thioether (sulfide) groups is 1. The van der Waals surface area contributed by atoms with Gasteiger partial charge in [0.2, 0.25) is 11.8 Å². The number of amides is 2. The van der Waals surface area contributed by atoms with Crippen molar-refractivity contribution in [3.63, 3.8) is 0 Å². The Balaban J connectivity index is 1.40. The molecule has 0 radical (unpaired) electrons. The highest BCUT2D eigenvalue weighted by Crippen LogP contribution is 2.54. The van der Waals surface area contributed by atoms with Gasteiger partial charge in [0.1, 0.15) is 16.7 Å². The Morgan fingerprint density at radius 3 is 2.79 bits per heavy atom. The zero-order chi connectivity index (χ0) is 19.1. The van der Waals surface area contributed by atoms with Gasteiger partial charge in [0.15, 0.2) is 0 Å². The predicted octanol–water partition coefficient (Wildman–Crippen LogP) is 3.22. The Morgan fingerprint density at radius 1 is 1.14 bits per heavy atom. The molecule has 0 bridgehead atoms. The van der Waals surface area contributed by atoms with Gasteiger partial charge in [-0.1, -0.05) is 48.5 Å². The minimum absolute atomic E-state index is 0.0674. The molecular weight excluding hydrogens is 372 g/mol. The Morgan fingerprint density at radius 2 is 1.93 bits per heavy atom. The van der Waals surface area contributed by atoms with Crippen molar-refractivity contribution < 1.29 is 14.3 Å². The second kappa shape index (κ2) is 6.85. The van der Waals surface area contributed by atoms with E-state index in [-0.39, 0.29) is 17.9 Å². The topological polar surface area (TPSA) is 58.6 Å². The van der Waals surface area contributed by atoms with Crippen LogP contribution in [0.25, 0.3) is 0 Å². The fourth-order valence-electron chi connectivity index (χ4n) is 4.60. The molecule has 2 fully saturated rings. The largest absolute Gasteiger partial charge is 0.493 e. The van der Waals surface area contributed by atoms with Gasteiger partial charge in [-0.25, -0.2) is 0 Å². The van der Waals surface area contributed by atoms with Crippen molar-refractivity contribution in [2.75, 3.05) is 12.4 Å². The normalized spacial score (nSPS) is 28.4. The maximum atomic E-state index is 13.2. The fourth-order valence-corrected chi connectivity index (χ4v) is 6.25. The van der Waals surface area contributed by atoms with Gasteiger partial charge in [-0.2, -0.15) is 0 Å². The molecule has 5 rings (SSSR count). The number of hydrogen-bond donors (Lipinski definition) is 1. The van der Waals surface area contributed by atoms with Crippen LogP contribution in [0, 0.1) is 0 Å². The van der Waals surface area contributed by atoms with E-state index in [2.05, 4.69) is 17.4 Å². The van der Waals surface area contributed by atoms with Crippen molar-refractivity contribution in [3.05, 3.63) is 65.7 Å². The van der Waals surface area contributed by atoms with Crippen molar-refractivity contribution in [1.82, 2.24) is 10.2 Å². The first-order chi connectivity index (χ1) is 13.7. The summed E-state index contributed by atoms with van der Waals surface area (Å²) in [5.74, 6) is 1.46. The van der Waals surface area contributed by atoms with E-state index >= 15 is 0 Å². The summed E-state index contributed by atoms with van der Waals surface area (Å²) in [5, 5.41) is 3.19. The van der Waals surface area contributed by atoms with E-state index in [0.29, 0.717) is 18.8 Å². The summed E-state index contributed by atoms with van der Waals surface area (Å²) in [6.45, 7) is 0.581. The lowest BCUT2D eigenvalue weighted by Crippen LogP contribution is -2.51. The summed E-state index contributed by atoms with van der Waals surface area (Å²) in [4.78, 5) is 27.4. The van der Waals surface area contributed by atoms with E-state index in [0.717, 1.165) is 29.7 Å². The smallest absolute Gasteiger partial charge is 0.244 e. The van der Waals surface area contributed by atoms with Crippen LogP contribution in [-0.4, -0.2) is 35.1 Å². The molecule has 3 heterocycles. The zero-order valence-corrected chi connectivity index (χ0v) is 16.3. The number of ether oxygens (including phenoxy) is 1. The molecule has 3 atom stereocenters. The molecule has 1 N–H and O–H groups in total. The highest BCUT2D eigenvalue weighted by atomic mass is 32.2. The number of carbonyl (C=O) groups excluding carboxylic acids is 2. The van der Waals surface area contributed by atoms with Gasteiger partial charge >= 0.3 is 0 Å². The van der Waals surface area contributed by atoms with Gasteiger partial charge in [-0.15, -0.1) is 11.8 Å². The van der Waals surface area contributed by atoms with Crippen LogP contribution in [0.2, 0.25) is 0 Å². The molecule has 0 saturated carbocycles. The summed E-state index contributed by atoms with van der Waals surface area (Å²) in [5.41, 5.74) is 2.12. The number of hydrogen-bond acceptors (Lipinski definition) is 4. The number of benzene rings is 2. The molecular formula is C22H22N2O3S. The summed E-state index contributed by atoms with van der Waals surface area (Å²) in [6.07, 6.45) is 1.98. The molecule has 2 aromatic carbocycles. The van der Waals surface area contributed by atoms with Gasteiger partial charge in [-0.05, 0) is 18.1 Å². The van der Waals surface area contributed by atoms with E-state index < -0.39 is 10.9 Å². The Bertz CT molecular complexity index is 919. The van der Waals surface area contributed by atoms with Crippen LogP contribution in [0.5, 0.6) is 5.75 Å². The summed E-state index contributed by atoms with van der Waals surface area (Å²) in [6, 6.07) is 17.4. The van der Waals surface area contributed by atoms with Crippen LogP contribution in [-0.2, 0) is 14.5 Å². The second-order valence-electron chi connectivity index (χ2n) is 7.48.